The molecule has 1 aliphatic heterocycles. The summed E-state index contributed by atoms with van der Waals surface area (Å²) in [7, 11) is -1.48. The van der Waals surface area contributed by atoms with E-state index in [0.717, 1.165) is 29.5 Å². The zero-order valence-electron chi connectivity index (χ0n) is 17.0. The van der Waals surface area contributed by atoms with Gasteiger partial charge in [0.15, 0.2) is 0 Å². The molecule has 0 radical (unpaired) electrons. The van der Waals surface area contributed by atoms with Crippen molar-refractivity contribution < 1.29 is 9.84 Å². The van der Waals surface area contributed by atoms with Crippen molar-refractivity contribution in [3.8, 4) is 0 Å². The third-order valence-electron chi connectivity index (χ3n) is 6.74. The summed E-state index contributed by atoms with van der Waals surface area (Å²) in [4.78, 5) is 0. The van der Waals surface area contributed by atoms with Crippen LogP contribution in [0.3, 0.4) is 0 Å². The van der Waals surface area contributed by atoms with Crippen molar-refractivity contribution >= 4 is 8.07 Å². The number of aliphatic hydroxyl groups is 1. The Hall–Kier alpha value is -0.643. The molecular weight excluding hydrogens is 324 g/mol. The average Bonchev–Trinajstić information content (AvgIpc) is 2.55. The molecule has 1 aromatic carbocycles. The van der Waals surface area contributed by atoms with Gasteiger partial charge in [-0.1, -0.05) is 88.5 Å². The first kappa shape index (κ1) is 20.7. The molecule has 1 aliphatic rings. The van der Waals surface area contributed by atoms with Crippen LogP contribution in [0.4, 0.5) is 0 Å². The second-order valence-corrected chi connectivity index (χ2v) is 15.1. The van der Waals surface area contributed by atoms with E-state index < -0.39 is 8.07 Å². The molecule has 1 saturated heterocycles. The molecule has 0 aliphatic carbocycles. The number of benzene rings is 1. The lowest BCUT2D eigenvalue weighted by molar-refractivity contribution is -0.0758. The standard InChI is InChI=1S/C22H38O2Si/c1-16(2)25(17(3)4,18(5)6)15-21-13-22(23)20(14-24-21)12-19-10-8-7-9-11-19/h7-11,16-18,20-23H,12-15H2,1-6H3/t20-,21+,22+/m0/s1. The van der Waals surface area contributed by atoms with Crippen LogP contribution >= 0.6 is 0 Å². The van der Waals surface area contributed by atoms with E-state index in [4.69, 9.17) is 4.74 Å². The Morgan fingerprint density at radius 2 is 1.56 bits per heavy atom. The average molecular weight is 363 g/mol. The van der Waals surface area contributed by atoms with Crippen LogP contribution < -0.4 is 0 Å². The fourth-order valence-corrected chi connectivity index (χ4v) is 11.7. The Morgan fingerprint density at radius 3 is 2.04 bits per heavy atom. The summed E-state index contributed by atoms with van der Waals surface area (Å²) in [5, 5.41) is 10.7. The van der Waals surface area contributed by atoms with Gasteiger partial charge in [0.2, 0.25) is 0 Å². The lowest BCUT2D eigenvalue weighted by Gasteiger charge is -2.47. The maximum absolute atomic E-state index is 10.7. The highest BCUT2D eigenvalue weighted by Crippen LogP contribution is 2.46. The van der Waals surface area contributed by atoms with Gasteiger partial charge in [0.25, 0.3) is 0 Å². The van der Waals surface area contributed by atoms with Crippen LogP contribution in [0, 0.1) is 5.92 Å². The maximum Gasteiger partial charge on any atom is 0.0638 e. The zero-order chi connectivity index (χ0) is 18.6. The monoisotopic (exact) mass is 362 g/mol. The van der Waals surface area contributed by atoms with Crippen molar-refractivity contribution in [3.05, 3.63) is 35.9 Å². The van der Waals surface area contributed by atoms with Crippen LogP contribution in [0.15, 0.2) is 30.3 Å². The fraction of sp³-hybridized carbons (Fsp3) is 0.727. The molecule has 0 bridgehead atoms. The SMILES string of the molecule is CC(C)[Si](C[C@H]1C[C@@H](O)[C@@H](Cc2ccccc2)CO1)(C(C)C)C(C)C. The summed E-state index contributed by atoms with van der Waals surface area (Å²) in [6, 6.07) is 11.7. The van der Waals surface area contributed by atoms with Crippen molar-refractivity contribution in [1.82, 2.24) is 0 Å². The van der Waals surface area contributed by atoms with Crippen molar-refractivity contribution in [2.24, 2.45) is 5.92 Å². The molecule has 2 rings (SSSR count). The minimum Gasteiger partial charge on any atom is -0.393 e. The largest absolute Gasteiger partial charge is 0.393 e. The third kappa shape index (κ3) is 4.75. The van der Waals surface area contributed by atoms with Crippen molar-refractivity contribution in [2.75, 3.05) is 6.61 Å². The van der Waals surface area contributed by atoms with Crippen LogP contribution in [0.25, 0.3) is 0 Å². The van der Waals surface area contributed by atoms with E-state index in [2.05, 4.69) is 65.8 Å². The Morgan fingerprint density at radius 1 is 1.00 bits per heavy atom. The number of aliphatic hydroxyl groups excluding tert-OH is 1. The minimum absolute atomic E-state index is 0.229. The van der Waals surface area contributed by atoms with Crippen molar-refractivity contribution in [2.45, 2.75) is 89.3 Å². The van der Waals surface area contributed by atoms with E-state index in [1.165, 1.54) is 11.6 Å². The molecule has 3 heteroatoms. The smallest absolute Gasteiger partial charge is 0.0638 e. The molecule has 0 unspecified atom stereocenters. The molecule has 25 heavy (non-hydrogen) atoms. The first-order chi connectivity index (χ1) is 11.8. The van der Waals surface area contributed by atoms with Crippen molar-refractivity contribution in [1.29, 1.82) is 0 Å². The zero-order valence-corrected chi connectivity index (χ0v) is 18.0. The number of hydrogen-bond acceptors (Lipinski definition) is 2. The van der Waals surface area contributed by atoms with Gasteiger partial charge in [0, 0.05) is 5.92 Å². The Balaban J connectivity index is 2.02. The van der Waals surface area contributed by atoms with Gasteiger partial charge in [0.1, 0.15) is 0 Å². The van der Waals surface area contributed by atoms with E-state index in [0.29, 0.717) is 6.61 Å². The summed E-state index contributed by atoms with van der Waals surface area (Å²) < 4.78 is 6.31. The highest BCUT2D eigenvalue weighted by atomic mass is 28.3. The minimum atomic E-state index is -1.48. The lowest BCUT2D eigenvalue weighted by atomic mass is 9.89. The van der Waals surface area contributed by atoms with Gasteiger partial charge >= 0.3 is 0 Å². The number of hydrogen-bond donors (Lipinski definition) is 1. The summed E-state index contributed by atoms with van der Waals surface area (Å²) in [6.45, 7) is 15.1. The summed E-state index contributed by atoms with van der Waals surface area (Å²) in [5.74, 6) is 0.229. The van der Waals surface area contributed by atoms with Gasteiger partial charge in [0.05, 0.1) is 26.9 Å². The fourth-order valence-electron chi connectivity index (χ4n) is 5.26. The Labute approximate surface area is 156 Å². The predicted molar refractivity (Wildman–Crippen MR) is 110 cm³/mol. The Kier molecular flexibility index (Phi) is 7.30. The number of ether oxygens (including phenoxy) is 1. The molecule has 3 atom stereocenters. The highest BCUT2D eigenvalue weighted by Gasteiger charge is 2.45. The second kappa shape index (κ2) is 8.83. The van der Waals surface area contributed by atoms with E-state index in [9.17, 15) is 5.11 Å². The van der Waals surface area contributed by atoms with Crippen LogP contribution in [-0.4, -0.2) is 32.0 Å². The van der Waals surface area contributed by atoms with Crippen molar-refractivity contribution in [3.63, 3.8) is 0 Å². The molecule has 0 aromatic heterocycles. The molecule has 142 valence electrons. The summed E-state index contributed by atoms with van der Waals surface area (Å²) >= 11 is 0. The topological polar surface area (TPSA) is 29.5 Å². The molecule has 2 nitrogen and oxygen atoms in total. The van der Waals surface area contributed by atoms with Gasteiger partial charge in [-0.25, -0.2) is 0 Å². The third-order valence-corrected chi connectivity index (χ3v) is 14.4. The second-order valence-electron chi connectivity index (χ2n) is 8.99. The molecule has 1 fully saturated rings. The molecule has 0 saturated carbocycles. The van der Waals surface area contributed by atoms with E-state index in [-0.39, 0.29) is 18.1 Å². The predicted octanol–water partition coefficient (Wildman–Crippen LogP) is 5.67. The lowest BCUT2D eigenvalue weighted by Crippen LogP contribution is -2.49. The molecule has 1 aromatic rings. The quantitative estimate of drug-likeness (QED) is 0.633. The summed E-state index contributed by atoms with van der Waals surface area (Å²) in [6.07, 6.45) is 1.71. The first-order valence-electron chi connectivity index (χ1n) is 10.1. The number of rotatable bonds is 7. The summed E-state index contributed by atoms with van der Waals surface area (Å²) in [5.41, 5.74) is 3.53. The molecule has 1 heterocycles. The van der Waals surface area contributed by atoms with E-state index in [1.54, 1.807) is 0 Å². The van der Waals surface area contributed by atoms with Gasteiger partial charge in [-0.2, -0.15) is 0 Å². The van der Waals surface area contributed by atoms with Gasteiger partial charge in [-0.15, -0.1) is 0 Å². The van der Waals surface area contributed by atoms with Crippen LogP contribution in [-0.2, 0) is 11.2 Å². The maximum atomic E-state index is 10.7. The van der Waals surface area contributed by atoms with Crippen LogP contribution in [0.1, 0.15) is 53.5 Å². The molecule has 0 spiro atoms. The molecule has 1 N–H and O–H groups in total. The van der Waals surface area contributed by atoms with Crippen LogP contribution in [0.5, 0.6) is 0 Å². The van der Waals surface area contributed by atoms with Gasteiger partial charge in [-0.3, -0.25) is 0 Å². The molecular formula is C22H38O2Si. The normalized spacial score (nSPS) is 25.1. The van der Waals surface area contributed by atoms with E-state index >= 15 is 0 Å². The highest BCUT2D eigenvalue weighted by molar-refractivity contribution is 6.83. The first-order valence-corrected chi connectivity index (χ1v) is 12.5. The van der Waals surface area contributed by atoms with E-state index in [1.807, 2.05) is 6.07 Å². The van der Waals surface area contributed by atoms with Gasteiger partial charge < -0.3 is 9.84 Å². The van der Waals surface area contributed by atoms with Gasteiger partial charge in [-0.05, 0) is 24.4 Å². The van der Waals surface area contributed by atoms with Crippen LogP contribution in [0.2, 0.25) is 22.7 Å². The molecule has 0 amide bonds. The Bertz CT molecular complexity index is 490.